The Labute approximate surface area is 164 Å². The van der Waals surface area contributed by atoms with Crippen LogP contribution in [0.15, 0.2) is 82.6 Å². The second-order valence-corrected chi connectivity index (χ2v) is 6.32. The number of aromatic nitrogens is 1. The highest BCUT2D eigenvalue weighted by atomic mass is 79.9. The van der Waals surface area contributed by atoms with Gasteiger partial charge in [-0.3, -0.25) is 9.78 Å². The molecule has 0 atom stereocenters. The van der Waals surface area contributed by atoms with E-state index in [1.165, 1.54) is 18.6 Å². The summed E-state index contributed by atoms with van der Waals surface area (Å²) in [5, 5.41) is 3.92. The number of nitrogens with one attached hydrogen (secondary N) is 1. The van der Waals surface area contributed by atoms with Crippen molar-refractivity contribution in [3.63, 3.8) is 0 Å². The molecule has 0 saturated heterocycles. The Morgan fingerprint density at radius 1 is 1.00 bits per heavy atom. The number of nitrogens with zero attached hydrogens (tertiary/aromatic N) is 2. The molecule has 27 heavy (non-hydrogen) atoms. The van der Waals surface area contributed by atoms with Gasteiger partial charge >= 0.3 is 5.97 Å². The molecule has 1 aromatic heterocycles. The van der Waals surface area contributed by atoms with Crippen molar-refractivity contribution in [1.82, 2.24) is 10.4 Å². The van der Waals surface area contributed by atoms with Crippen LogP contribution in [0.5, 0.6) is 5.75 Å². The maximum Gasteiger partial charge on any atom is 0.343 e. The number of carbonyl (C=O) groups is 2. The third-order valence-electron chi connectivity index (χ3n) is 3.45. The summed E-state index contributed by atoms with van der Waals surface area (Å²) in [7, 11) is 0. The summed E-state index contributed by atoms with van der Waals surface area (Å²) >= 11 is 3.32. The number of hydrogen-bond acceptors (Lipinski definition) is 5. The van der Waals surface area contributed by atoms with Crippen molar-refractivity contribution in [2.24, 2.45) is 5.10 Å². The number of rotatable bonds is 5. The molecular weight excluding hydrogens is 410 g/mol. The second-order valence-electron chi connectivity index (χ2n) is 5.41. The van der Waals surface area contributed by atoms with Crippen molar-refractivity contribution >= 4 is 34.0 Å². The molecule has 134 valence electrons. The van der Waals surface area contributed by atoms with E-state index in [-0.39, 0.29) is 5.91 Å². The van der Waals surface area contributed by atoms with Crippen LogP contribution < -0.4 is 10.2 Å². The number of carbonyl (C=O) groups excluding carboxylic acids is 2. The van der Waals surface area contributed by atoms with Crippen molar-refractivity contribution in [3.8, 4) is 5.75 Å². The van der Waals surface area contributed by atoms with E-state index >= 15 is 0 Å². The van der Waals surface area contributed by atoms with Crippen LogP contribution in [0.2, 0.25) is 0 Å². The van der Waals surface area contributed by atoms with Gasteiger partial charge in [0.1, 0.15) is 5.75 Å². The molecular formula is C20H14BrN3O3. The smallest absolute Gasteiger partial charge is 0.343 e. The monoisotopic (exact) mass is 423 g/mol. The number of esters is 1. The molecule has 6 nitrogen and oxygen atoms in total. The minimum atomic E-state index is -0.462. The van der Waals surface area contributed by atoms with Crippen LogP contribution in [-0.2, 0) is 0 Å². The Hall–Kier alpha value is -3.32. The van der Waals surface area contributed by atoms with Gasteiger partial charge in [-0.25, -0.2) is 10.2 Å². The molecule has 0 unspecified atom stereocenters. The molecule has 0 fully saturated rings. The molecule has 1 N–H and O–H groups in total. The first-order valence-electron chi connectivity index (χ1n) is 7.93. The van der Waals surface area contributed by atoms with E-state index in [0.29, 0.717) is 22.4 Å². The standard InChI is InChI=1S/C20H14BrN3O3/c21-17-5-2-4-16(12-17)20(26)27-18-6-1-3-14(11-18)13-23-24-19(25)15-7-9-22-10-8-15/h1-13H,(H,24,25)/b23-13+. The molecule has 0 saturated carbocycles. The Kier molecular flexibility index (Phi) is 6.06. The lowest BCUT2D eigenvalue weighted by molar-refractivity contribution is 0.0734. The zero-order chi connectivity index (χ0) is 19.1. The summed E-state index contributed by atoms with van der Waals surface area (Å²) in [5.74, 6) is -0.424. The Bertz CT molecular complexity index is 991. The van der Waals surface area contributed by atoms with Crippen molar-refractivity contribution in [2.45, 2.75) is 0 Å². The maximum atomic E-state index is 12.2. The Morgan fingerprint density at radius 2 is 1.78 bits per heavy atom. The first-order chi connectivity index (χ1) is 13.1. The summed E-state index contributed by atoms with van der Waals surface area (Å²) in [6.07, 6.45) is 4.53. The largest absolute Gasteiger partial charge is 0.423 e. The molecule has 3 aromatic rings. The van der Waals surface area contributed by atoms with Crippen LogP contribution in [-0.4, -0.2) is 23.1 Å². The van der Waals surface area contributed by atoms with Crippen molar-refractivity contribution in [3.05, 3.63) is 94.2 Å². The van der Waals surface area contributed by atoms with Gasteiger partial charge in [-0.15, -0.1) is 0 Å². The van der Waals surface area contributed by atoms with Gasteiger partial charge in [0.15, 0.2) is 0 Å². The van der Waals surface area contributed by atoms with Crippen molar-refractivity contribution in [1.29, 1.82) is 0 Å². The maximum absolute atomic E-state index is 12.2. The number of benzene rings is 2. The van der Waals surface area contributed by atoms with E-state index in [1.54, 1.807) is 54.6 Å². The minimum absolute atomic E-state index is 0.342. The van der Waals surface area contributed by atoms with Gasteiger partial charge in [0.05, 0.1) is 11.8 Å². The third kappa shape index (κ3) is 5.32. The van der Waals surface area contributed by atoms with E-state index in [4.69, 9.17) is 4.74 Å². The number of hydrogen-bond donors (Lipinski definition) is 1. The number of halogens is 1. The molecule has 7 heteroatoms. The minimum Gasteiger partial charge on any atom is -0.423 e. The lowest BCUT2D eigenvalue weighted by atomic mass is 10.2. The average molecular weight is 424 g/mol. The highest BCUT2D eigenvalue weighted by Gasteiger charge is 2.09. The molecule has 0 bridgehead atoms. The summed E-state index contributed by atoms with van der Waals surface area (Å²) in [6, 6.07) is 17.0. The first kappa shape index (κ1) is 18.5. The summed E-state index contributed by atoms with van der Waals surface area (Å²) < 4.78 is 6.17. The number of pyridine rings is 1. The zero-order valence-corrected chi connectivity index (χ0v) is 15.6. The zero-order valence-electron chi connectivity index (χ0n) is 14.0. The van der Waals surface area contributed by atoms with E-state index in [9.17, 15) is 9.59 Å². The Balaban J connectivity index is 1.63. The third-order valence-corrected chi connectivity index (χ3v) is 3.94. The predicted octanol–water partition coefficient (Wildman–Crippen LogP) is 3.83. The topological polar surface area (TPSA) is 80.6 Å². The van der Waals surface area contributed by atoms with Crippen LogP contribution in [0.4, 0.5) is 0 Å². The summed E-state index contributed by atoms with van der Waals surface area (Å²) in [6.45, 7) is 0. The predicted molar refractivity (Wildman–Crippen MR) is 105 cm³/mol. The van der Waals surface area contributed by atoms with E-state index in [1.807, 2.05) is 6.07 Å². The van der Waals surface area contributed by atoms with Gasteiger partial charge in [-0.05, 0) is 48.0 Å². The first-order valence-corrected chi connectivity index (χ1v) is 8.72. The molecule has 3 rings (SSSR count). The molecule has 0 aliphatic carbocycles. The van der Waals surface area contributed by atoms with Gasteiger partial charge in [0, 0.05) is 22.4 Å². The molecule has 0 radical (unpaired) electrons. The van der Waals surface area contributed by atoms with Crippen LogP contribution in [0.3, 0.4) is 0 Å². The molecule has 0 spiro atoms. The lowest BCUT2D eigenvalue weighted by Gasteiger charge is -2.05. The summed E-state index contributed by atoms with van der Waals surface area (Å²) in [4.78, 5) is 28.0. The van der Waals surface area contributed by atoms with Gasteiger partial charge in [-0.1, -0.05) is 34.1 Å². The van der Waals surface area contributed by atoms with Crippen LogP contribution in [0, 0.1) is 0 Å². The fraction of sp³-hybridized carbons (Fsp3) is 0. The number of amides is 1. The lowest BCUT2D eigenvalue weighted by Crippen LogP contribution is -2.17. The highest BCUT2D eigenvalue weighted by Crippen LogP contribution is 2.16. The van der Waals surface area contributed by atoms with Gasteiger partial charge in [0.25, 0.3) is 5.91 Å². The van der Waals surface area contributed by atoms with E-state index < -0.39 is 5.97 Å². The molecule has 0 aliphatic heterocycles. The summed E-state index contributed by atoms with van der Waals surface area (Å²) in [5.41, 5.74) is 4.00. The van der Waals surface area contributed by atoms with E-state index in [0.717, 1.165) is 4.47 Å². The fourth-order valence-corrected chi connectivity index (χ4v) is 2.57. The molecule has 0 aliphatic rings. The van der Waals surface area contributed by atoms with Crippen molar-refractivity contribution in [2.75, 3.05) is 0 Å². The number of ether oxygens (including phenoxy) is 1. The van der Waals surface area contributed by atoms with Gasteiger partial charge in [0.2, 0.25) is 0 Å². The quantitative estimate of drug-likeness (QED) is 0.292. The Morgan fingerprint density at radius 3 is 2.56 bits per heavy atom. The van der Waals surface area contributed by atoms with Gasteiger partial charge in [-0.2, -0.15) is 5.10 Å². The average Bonchev–Trinajstić information content (AvgIpc) is 2.69. The highest BCUT2D eigenvalue weighted by molar-refractivity contribution is 9.10. The normalized spacial score (nSPS) is 10.6. The fourth-order valence-electron chi connectivity index (χ4n) is 2.17. The SMILES string of the molecule is O=C(N/N=C/c1cccc(OC(=O)c2cccc(Br)c2)c1)c1ccncc1. The van der Waals surface area contributed by atoms with Crippen LogP contribution in [0.25, 0.3) is 0 Å². The second kappa shape index (κ2) is 8.86. The molecule has 2 aromatic carbocycles. The van der Waals surface area contributed by atoms with Crippen molar-refractivity contribution < 1.29 is 14.3 Å². The molecule has 1 heterocycles. The van der Waals surface area contributed by atoms with Gasteiger partial charge < -0.3 is 4.74 Å². The molecule has 1 amide bonds. The van der Waals surface area contributed by atoms with Crippen LogP contribution >= 0.6 is 15.9 Å². The van der Waals surface area contributed by atoms with Crippen LogP contribution in [0.1, 0.15) is 26.3 Å². The van der Waals surface area contributed by atoms with E-state index in [2.05, 4.69) is 31.4 Å². The number of hydrazone groups is 1.